The molecule has 9 heteroatoms. The number of H-pyrrole nitrogens is 1. The monoisotopic (exact) mass is 535 g/mol. The molecule has 0 aliphatic heterocycles. The van der Waals surface area contributed by atoms with Crippen LogP contribution in [0, 0.1) is 0 Å². The van der Waals surface area contributed by atoms with Crippen LogP contribution in [0.3, 0.4) is 0 Å². The number of carbonyl (C=O) groups is 2. The molecule has 0 radical (unpaired) electrons. The molecule has 0 unspecified atom stereocenters. The van der Waals surface area contributed by atoms with Gasteiger partial charge in [0.25, 0.3) is 5.91 Å². The van der Waals surface area contributed by atoms with E-state index in [4.69, 9.17) is 20.2 Å². The summed E-state index contributed by atoms with van der Waals surface area (Å²) in [6, 6.07) is 26.0. The second-order valence-corrected chi connectivity index (χ2v) is 10.2. The highest BCUT2D eigenvalue weighted by Crippen LogP contribution is 2.34. The van der Waals surface area contributed by atoms with Crippen LogP contribution in [0.2, 0.25) is 0 Å². The summed E-state index contributed by atoms with van der Waals surface area (Å²) in [7, 11) is 0. The van der Waals surface area contributed by atoms with Gasteiger partial charge in [-0.3, -0.25) is 14.7 Å². The van der Waals surface area contributed by atoms with Crippen molar-refractivity contribution in [3.8, 4) is 34.0 Å². The zero-order chi connectivity index (χ0) is 28.3. The Morgan fingerprint density at radius 1 is 0.900 bits per heavy atom. The van der Waals surface area contributed by atoms with Crippen molar-refractivity contribution in [2.24, 2.45) is 0 Å². The molecule has 202 valence electrons. The smallest absolute Gasteiger partial charge is 0.325 e. The average Bonchev–Trinajstić information content (AvgIpc) is 3.32. The molecule has 0 aliphatic carbocycles. The summed E-state index contributed by atoms with van der Waals surface area (Å²) in [5.74, 6) is 0.925. The molecular formula is C31H29N5O4. The predicted octanol–water partition coefficient (Wildman–Crippen LogP) is 5.74. The van der Waals surface area contributed by atoms with Crippen molar-refractivity contribution < 1.29 is 19.1 Å². The van der Waals surface area contributed by atoms with E-state index < -0.39 is 11.6 Å². The summed E-state index contributed by atoms with van der Waals surface area (Å²) >= 11 is 0. The van der Waals surface area contributed by atoms with Crippen LogP contribution in [0.5, 0.6) is 11.5 Å². The SMILES string of the molecule is CC(C)(C)OC(=O)CNC(=O)c1ccc(-c2cc3[nH]nc(N)c3c(-c3ccc(Oc4ccccc4)cc3)n2)cc1. The van der Waals surface area contributed by atoms with E-state index in [2.05, 4.69) is 15.5 Å². The zero-order valence-electron chi connectivity index (χ0n) is 22.4. The fraction of sp³-hybridized carbons (Fsp3) is 0.161. The van der Waals surface area contributed by atoms with Crippen molar-refractivity contribution in [2.75, 3.05) is 12.3 Å². The van der Waals surface area contributed by atoms with Gasteiger partial charge in [-0.25, -0.2) is 4.98 Å². The number of hydrogen-bond donors (Lipinski definition) is 3. The van der Waals surface area contributed by atoms with Crippen molar-refractivity contribution in [2.45, 2.75) is 26.4 Å². The van der Waals surface area contributed by atoms with Crippen molar-refractivity contribution in [1.29, 1.82) is 0 Å². The summed E-state index contributed by atoms with van der Waals surface area (Å²) < 4.78 is 11.2. The van der Waals surface area contributed by atoms with Crippen LogP contribution in [0.25, 0.3) is 33.4 Å². The number of benzene rings is 3. The summed E-state index contributed by atoms with van der Waals surface area (Å²) in [5, 5.41) is 10.5. The summed E-state index contributed by atoms with van der Waals surface area (Å²) in [6.45, 7) is 5.11. The molecule has 3 aromatic carbocycles. The van der Waals surface area contributed by atoms with Crippen LogP contribution < -0.4 is 15.8 Å². The normalized spacial score (nSPS) is 11.3. The van der Waals surface area contributed by atoms with Crippen LogP contribution in [0.4, 0.5) is 5.82 Å². The second-order valence-electron chi connectivity index (χ2n) is 10.2. The number of nitrogens with one attached hydrogen (secondary N) is 2. The van der Waals surface area contributed by atoms with E-state index in [0.29, 0.717) is 28.5 Å². The van der Waals surface area contributed by atoms with Crippen molar-refractivity contribution in [3.63, 3.8) is 0 Å². The van der Waals surface area contributed by atoms with E-state index in [0.717, 1.165) is 27.8 Å². The van der Waals surface area contributed by atoms with Crippen LogP contribution in [-0.2, 0) is 9.53 Å². The Balaban J connectivity index is 1.37. The molecule has 9 nitrogen and oxygen atoms in total. The van der Waals surface area contributed by atoms with Crippen LogP contribution >= 0.6 is 0 Å². The number of ether oxygens (including phenoxy) is 2. The first kappa shape index (κ1) is 26.4. The Morgan fingerprint density at radius 3 is 2.23 bits per heavy atom. The summed E-state index contributed by atoms with van der Waals surface area (Å²) in [6.07, 6.45) is 0. The molecule has 4 N–H and O–H groups in total. The van der Waals surface area contributed by atoms with Gasteiger partial charge in [-0.15, -0.1) is 0 Å². The van der Waals surface area contributed by atoms with Gasteiger partial charge in [0.1, 0.15) is 23.6 Å². The third-order valence-corrected chi connectivity index (χ3v) is 5.94. The van der Waals surface area contributed by atoms with Crippen molar-refractivity contribution >= 4 is 28.6 Å². The Kier molecular flexibility index (Phi) is 7.20. The van der Waals surface area contributed by atoms with Gasteiger partial charge in [0.05, 0.1) is 22.3 Å². The van der Waals surface area contributed by atoms with Gasteiger partial charge in [-0.1, -0.05) is 30.3 Å². The molecule has 5 aromatic rings. The first-order chi connectivity index (χ1) is 19.2. The Morgan fingerprint density at radius 2 is 1.55 bits per heavy atom. The maximum absolute atomic E-state index is 12.6. The van der Waals surface area contributed by atoms with Crippen molar-refractivity contribution in [3.05, 3.63) is 90.5 Å². The average molecular weight is 536 g/mol. The lowest BCUT2D eigenvalue weighted by molar-refractivity contribution is -0.153. The van der Waals surface area contributed by atoms with Crippen LogP contribution in [0.1, 0.15) is 31.1 Å². The number of pyridine rings is 1. The standard InChI is InChI=1S/C31H29N5O4/c1-31(2,3)40-26(37)18-33-30(38)21-11-9-19(10-12-21)24-17-25-27(29(32)36-35-25)28(34-24)20-13-15-23(16-14-20)39-22-7-5-4-6-8-22/h4-17H,18H2,1-3H3,(H,33,38)(H3,32,35,36). The van der Waals surface area contributed by atoms with Gasteiger partial charge in [-0.05, 0) is 75.4 Å². The third-order valence-electron chi connectivity index (χ3n) is 5.94. The number of rotatable bonds is 7. The molecule has 1 amide bonds. The lowest BCUT2D eigenvalue weighted by Gasteiger charge is -2.19. The zero-order valence-corrected chi connectivity index (χ0v) is 22.4. The minimum atomic E-state index is -0.617. The highest BCUT2D eigenvalue weighted by atomic mass is 16.6. The number of hydrogen-bond acceptors (Lipinski definition) is 7. The molecule has 0 saturated heterocycles. The van der Waals surface area contributed by atoms with Gasteiger partial charge in [0, 0.05) is 16.7 Å². The maximum atomic E-state index is 12.6. The Labute approximate surface area is 231 Å². The molecule has 5 rings (SSSR count). The molecule has 0 atom stereocenters. The topological polar surface area (TPSA) is 132 Å². The van der Waals surface area contributed by atoms with E-state index in [1.54, 1.807) is 45.0 Å². The largest absolute Gasteiger partial charge is 0.459 e. The summed E-state index contributed by atoms with van der Waals surface area (Å²) in [4.78, 5) is 29.4. The lowest BCUT2D eigenvalue weighted by atomic mass is 10.0. The number of anilines is 1. The minimum Gasteiger partial charge on any atom is -0.459 e. The number of esters is 1. The number of aromatic nitrogens is 3. The molecule has 0 aliphatic rings. The van der Waals surface area contributed by atoms with Gasteiger partial charge in [0.2, 0.25) is 0 Å². The summed E-state index contributed by atoms with van der Waals surface area (Å²) in [5.41, 5.74) is 9.71. The number of nitrogen functional groups attached to an aromatic ring is 1. The number of nitrogens with zero attached hydrogens (tertiary/aromatic N) is 2. The molecular weight excluding hydrogens is 506 g/mol. The van der Waals surface area contributed by atoms with Gasteiger partial charge < -0.3 is 20.5 Å². The first-order valence-corrected chi connectivity index (χ1v) is 12.7. The molecule has 40 heavy (non-hydrogen) atoms. The van der Waals surface area contributed by atoms with E-state index in [1.165, 1.54) is 0 Å². The fourth-order valence-electron chi connectivity index (χ4n) is 4.16. The van der Waals surface area contributed by atoms with Crippen molar-refractivity contribution in [1.82, 2.24) is 20.5 Å². The number of amides is 1. The molecule has 0 fully saturated rings. The Hall–Kier alpha value is -5.18. The minimum absolute atomic E-state index is 0.212. The van der Waals surface area contributed by atoms with E-state index in [-0.39, 0.29) is 12.5 Å². The number of aromatic amines is 1. The molecule has 0 spiro atoms. The molecule has 0 saturated carbocycles. The van der Waals surface area contributed by atoms with E-state index >= 15 is 0 Å². The quantitative estimate of drug-likeness (QED) is 0.226. The van der Waals surface area contributed by atoms with Crippen LogP contribution in [-0.4, -0.2) is 39.2 Å². The molecule has 2 heterocycles. The van der Waals surface area contributed by atoms with Gasteiger partial charge in [0.15, 0.2) is 5.82 Å². The number of carbonyl (C=O) groups excluding carboxylic acids is 2. The second kappa shape index (κ2) is 10.9. The highest BCUT2D eigenvalue weighted by molar-refractivity contribution is 6.01. The molecule has 2 aromatic heterocycles. The van der Waals surface area contributed by atoms with Gasteiger partial charge >= 0.3 is 5.97 Å². The number of fused-ring (bicyclic) bond motifs is 1. The first-order valence-electron chi connectivity index (χ1n) is 12.7. The lowest BCUT2D eigenvalue weighted by Crippen LogP contribution is -2.34. The maximum Gasteiger partial charge on any atom is 0.325 e. The fourth-order valence-corrected chi connectivity index (χ4v) is 4.16. The Bertz CT molecular complexity index is 1660. The predicted molar refractivity (Wildman–Crippen MR) is 154 cm³/mol. The number of nitrogens with two attached hydrogens (primary N) is 1. The van der Waals surface area contributed by atoms with Gasteiger partial charge in [-0.2, -0.15) is 5.10 Å². The van der Waals surface area contributed by atoms with E-state index in [1.807, 2.05) is 60.7 Å². The number of para-hydroxylation sites is 1. The molecule has 0 bridgehead atoms. The highest BCUT2D eigenvalue weighted by Gasteiger charge is 2.18. The van der Waals surface area contributed by atoms with Crippen LogP contribution in [0.15, 0.2) is 84.9 Å². The third kappa shape index (κ3) is 6.10. The van der Waals surface area contributed by atoms with E-state index in [9.17, 15) is 9.59 Å².